The van der Waals surface area contributed by atoms with Gasteiger partial charge in [-0.25, -0.2) is 10.8 Å². The number of hydrogen-bond acceptors (Lipinski definition) is 5. The van der Waals surface area contributed by atoms with Gasteiger partial charge in [-0.1, -0.05) is 0 Å². The van der Waals surface area contributed by atoms with Gasteiger partial charge in [0.05, 0.1) is 25.5 Å². The maximum Gasteiger partial charge on any atom is 0.253 e. The van der Waals surface area contributed by atoms with Gasteiger partial charge in [0.15, 0.2) is 0 Å². The van der Waals surface area contributed by atoms with Gasteiger partial charge in [-0.3, -0.25) is 10.2 Å². The number of nitrogens with zero attached hydrogens (tertiary/aromatic N) is 1. The Labute approximate surface area is 81.4 Å². The highest BCUT2D eigenvalue weighted by molar-refractivity contribution is 5.79. The molecule has 14 heavy (non-hydrogen) atoms. The molecule has 76 valence electrons. The van der Waals surface area contributed by atoms with Gasteiger partial charge in [-0.05, 0) is 6.07 Å². The maximum atomic E-state index is 10.8. The predicted molar refractivity (Wildman–Crippen MR) is 51.6 cm³/mol. The fourth-order valence-corrected chi connectivity index (χ4v) is 0.839. The Hall–Kier alpha value is -1.82. The molecule has 1 aromatic rings. The lowest BCUT2D eigenvalue weighted by atomic mass is 10.4. The molecule has 0 fully saturated rings. The minimum absolute atomic E-state index is 0.116. The molecule has 0 spiro atoms. The first-order valence-electron chi connectivity index (χ1n) is 3.99. The highest BCUT2D eigenvalue weighted by Gasteiger charge is 1.98. The largest absolute Gasteiger partial charge is 0.481 e. The Bertz CT molecular complexity index is 299. The Morgan fingerprint density at radius 1 is 1.64 bits per heavy atom. The summed E-state index contributed by atoms with van der Waals surface area (Å²) in [7, 11) is 1.54. The summed E-state index contributed by atoms with van der Waals surface area (Å²) >= 11 is 0. The monoisotopic (exact) mass is 196 g/mol. The quantitative estimate of drug-likeness (QED) is 0.343. The van der Waals surface area contributed by atoms with Gasteiger partial charge in [0, 0.05) is 6.07 Å². The zero-order chi connectivity index (χ0) is 10.4. The molecule has 1 heterocycles. The summed E-state index contributed by atoms with van der Waals surface area (Å²) in [5.41, 5.74) is 2.74. The van der Waals surface area contributed by atoms with E-state index in [1.165, 1.54) is 7.11 Å². The molecule has 0 aromatic carbocycles. The summed E-state index contributed by atoms with van der Waals surface area (Å²) in [6, 6.07) is 3.46. The number of aromatic nitrogens is 1. The molecule has 0 radical (unpaired) electrons. The molecule has 1 rings (SSSR count). The zero-order valence-electron chi connectivity index (χ0n) is 7.78. The molecule has 4 N–H and O–H groups in total. The van der Waals surface area contributed by atoms with Crippen LogP contribution in [0.15, 0.2) is 18.3 Å². The second-order valence-corrected chi connectivity index (χ2v) is 2.51. The van der Waals surface area contributed by atoms with E-state index in [9.17, 15) is 4.79 Å². The topological polar surface area (TPSA) is 89.3 Å². The van der Waals surface area contributed by atoms with E-state index in [-0.39, 0.29) is 12.5 Å². The van der Waals surface area contributed by atoms with Crippen molar-refractivity contribution in [2.45, 2.75) is 0 Å². The van der Waals surface area contributed by atoms with Crippen LogP contribution in [0, 0.1) is 0 Å². The second-order valence-electron chi connectivity index (χ2n) is 2.51. The summed E-state index contributed by atoms with van der Waals surface area (Å²) in [6.45, 7) is 0.116. The van der Waals surface area contributed by atoms with Crippen molar-refractivity contribution < 1.29 is 9.53 Å². The van der Waals surface area contributed by atoms with Crippen molar-refractivity contribution >= 4 is 11.6 Å². The first kappa shape index (κ1) is 10.3. The lowest BCUT2D eigenvalue weighted by molar-refractivity contribution is -0.119. The van der Waals surface area contributed by atoms with E-state index in [2.05, 4.69) is 10.3 Å². The average Bonchev–Trinajstić information content (AvgIpc) is 2.26. The number of anilines is 1. The molecule has 1 aromatic heterocycles. The van der Waals surface area contributed by atoms with Crippen molar-refractivity contribution in [1.82, 2.24) is 10.4 Å². The van der Waals surface area contributed by atoms with E-state index in [1.54, 1.807) is 18.3 Å². The molecule has 6 nitrogen and oxygen atoms in total. The molecule has 0 aliphatic carbocycles. The van der Waals surface area contributed by atoms with Crippen LogP contribution in [0.2, 0.25) is 0 Å². The van der Waals surface area contributed by atoms with Gasteiger partial charge in [-0.15, -0.1) is 0 Å². The van der Waals surface area contributed by atoms with E-state index in [0.717, 1.165) is 5.69 Å². The normalized spacial score (nSPS) is 9.29. The number of nitrogens with two attached hydrogens (primary N) is 1. The number of rotatable bonds is 4. The van der Waals surface area contributed by atoms with E-state index < -0.39 is 0 Å². The Morgan fingerprint density at radius 3 is 2.93 bits per heavy atom. The standard InChI is InChI=1S/C8H12N4O2/c1-14-8-3-2-6(4-11-8)10-5-7(13)12-9/h2-4,10H,5,9H2,1H3,(H,12,13). The minimum Gasteiger partial charge on any atom is -0.481 e. The van der Waals surface area contributed by atoms with Gasteiger partial charge >= 0.3 is 0 Å². The summed E-state index contributed by atoms with van der Waals surface area (Å²) in [4.78, 5) is 14.7. The number of nitrogens with one attached hydrogen (secondary N) is 2. The number of hydrogen-bond donors (Lipinski definition) is 3. The third-order valence-corrected chi connectivity index (χ3v) is 1.56. The smallest absolute Gasteiger partial charge is 0.253 e. The Morgan fingerprint density at radius 2 is 2.43 bits per heavy atom. The summed E-state index contributed by atoms with van der Waals surface area (Å²) in [5.74, 6) is 5.14. The third-order valence-electron chi connectivity index (χ3n) is 1.56. The lowest BCUT2D eigenvalue weighted by Crippen LogP contribution is -2.35. The van der Waals surface area contributed by atoms with E-state index in [1.807, 2.05) is 5.43 Å². The number of carbonyl (C=O) groups is 1. The van der Waals surface area contributed by atoms with Crippen molar-refractivity contribution in [3.05, 3.63) is 18.3 Å². The molecule has 0 bridgehead atoms. The van der Waals surface area contributed by atoms with Crippen molar-refractivity contribution in [3.63, 3.8) is 0 Å². The van der Waals surface area contributed by atoms with E-state index in [4.69, 9.17) is 10.6 Å². The molecule has 0 aliphatic heterocycles. The number of methoxy groups -OCH3 is 1. The number of hydrazine groups is 1. The first-order chi connectivity index (χ1) is 6.76. The van der Waals surface area contributed by atoms with Crippen LogP contribution in [0.5, 0.6) is 5.88 Å². The lowest BCUT2D eigenvalue weighted by Gasteiger charge is -2.05. The SMILES string of the molecule is COc1ccc(NCC(=O)NN)cn1. The molecular weight excluding hydrogens is 184 g/mol. The molecule has 6 heteroatoms. The first-order valence-corrected chi connectivity index (χ1v) is 3.99. The Kier molecular flexibility index (Phi) is 3.69. The van der Waals surface area contributed by atoms with Crippen molar-refractivity contribution in [1.29, 1.82) is 0 Å². The fraction of sp³-hybridized carbons (Fsp3) is 0.250. The second kappa shape index (κ2) is 5.03. The summed E-state index contributed by atoms with van der Waals surface area (Å²) in [6.07, 6.45) is 1.57. The average molecular weight is 196 g/mol. The number of pyridine rings is 1. The molecule has 1 amide bonds. The molecule has 0 aliphatic rings. The van der Waals surface area contributed by atoms with Crippen LogP contribution < -0.4 is 21.3 Å². The van der Waals surface area contributed by atoms with Crippen LogP contribution in [0.25, 0.3) is 0 Å². The molecule has 0 saturated carbocycles. The van der Waals surface area contributed by atoms with E-state index >= 15 is 0 Å². The fourth-order valence-electron chi connectivity index (χ4n) is 0.839. The summed E-state index contributed by atoms with van der Waals surface area (Å²) < 4.78 is 4.88. The van der Waals surface area contributed by atoms with Gasteiger partial charge in [0.2, 0.25) is 5.88 Å². The molecular formula is C8H12N4O2. The van der Waals surface area contributed by atoms with Crippen molar-refractivity contribution in [2.75, 3.05) is 19.0 Å². The zero-order valence-corrected chi connectivity index (χ0v) is 7.78. The van der Waals surface area contributed by atoms with Gasteiger partial charge in [0.1, 0.15) is 0 Å². The summed E-state index contributed by atoms with van der Waals surface area (Å²) in [5, 5.41) is 2.84. The minimum atomic E-state index is -0.291. The van der Waals surface area contributed by atoms with Gasteiger partial charge in [-0.2, -0.15) is 0 Å². The molecule has 0 unspecified atom stereocenters. The Balaban J connectivity index is 2.47. The van der Waals surface area contributed by atoms with E-state index in [0.29, 0.717) is 5.88 Å². The predicted octanol–water partition coefficient (Wildman–Crippen LogP) is -0.508. The van der Waals surface area contributed by atoms with Gasteiger partial charge < -0.3 is 10.1 Å². The highest BCUT2D eigenvalue weighted by atomic mass is 16.5. The number of ether oxygens (including phenoxy) is 1. The number of carbonyl (C=O) groups excluding carboxylic acids is 1. The van der Waals surface area contributed by atoms with Gasteiger partial charge in [0.25, 0.3) is 5.91 Å². The van der Waals surface area contributed by atoms with Crippen LogP contribution in [-0.4, -0.2) is 24.5 Å². The van der Waals surface area contributed by atoms with Crippen LogP contribution in [-0.2, 0) is 4.79 Å². The number of amides is 1. The van der Waals surface area contributed by atoms with Crippen LogP contribution in [0.4, 0.5) is 5.69 Å². The van der Waals surface area contributed by atoms with Crippen molar-refractivity contribution in [3.8, 4) is 5.88 Å². The van der Waals surface area contributed by atoms with Crippen LogP contribution in [0.1, 0.15) is 0 Å². The van der Waals surface area contributed by atoms with Crippen LogP contribution in [0.3, 0.4) is 0 Å². The van der Waals surface area contributed by atoms with Crippen molar-refractivity contribution in [2.24, 2.45) is 5.84 Å². The van der Waals surface area contributed by atoms with Crippen LogP contribution >= 0.6 is 0 Å². The maximum absolute atomic E-state index is 10.8. The molecule has 0 saturated heterocycles. The third kappa shape index (κ3) is 2.91. The molecule has 0 atom stereocenters. The highest BCUT2D eigenvalue weighted by Crippen LogP contribution is 2.09.